The molecule has 1 aliphatic heterocycles. The third-order valence-corrected chi connectivity index (χ3v) is 7.15. The summed E-state index contributed by atoms with van der Waals surface area (Å²) in [7, 11) is 0. The molecule has 0 aliphatic carbocycles. The summed E-state index contributed by atoms with van der Waals surface area (Å²) >= 11 is 6.26. The Balaban J connectivity index is 1.73. The van der Waals surface area contributed by atoms with Crippen LogP contribution in [0, 0.1) is 0 Å². The molecule has 1 saturated heterocycles. The van der Waals surface area contributed by atoms with Gasteiger partial charge in [-0.3, -0.25) is 14.5 Å². The van der Waals surface area contributed by atoms with Crippen molar-refractivity contribution in [2.45, 2.75) is 19.9 Å². The van der Waals surface area contributed by atoms with E-state index in [2.05, 4.69) is 18.7 Å². The molecule has 0 bridgehead atoms. The SMILES string of the molecule is CCN(CC)c1ccc(C2/C(=C(/O)c3cccc4ccccc34)C(=O)C(=O)N2c2cccc(Cl)c2)cc1. The smallest absolute Gasteiger partial charge is 0.300 e. The van der Waals surface area contributed by atoms with Gasteiger partial charge in [0, 0.05) is 35.1 Å². The van der Waals surface area contributed by atoms with Gasteiger partial charge in [0.25, 0.3) is 11.7 Å². The van der Waals surface area contributed by atoms with Crippen molar-refractivity contribution in [1.82, 2.24) is 0 Å². The normalized spacial score (nSPS) is 16.9. The Morgan fingerprint density at radius 1 is 0.892 bits per heavy atom. The monoisotopic (exact) mass is 510 g/mol. The van der Waals surface area contributed by atoms with Gasteiger partial charge < -0.3 is 10.0 Å². The number of nitrogens with zero attached hydrogens (tertiary/aromatic N) is 2. The molecule has 1 unspecified atom stereocenters. The Bertz CT molecular complexity index is 1520. The zero-order chi connectivity index (χ0) is 26.1. The summed E-state index contributed by atoms with van der Waals surface area (Å²) in [6.45, 7) is 5.90. The van der Waals surface area contributed by atoms with E-state index in [9.17, 15) is 14.7 Å². The number of hydrogen-bond acceptors (Lipinski definition) is 4. The first-order valence-electron chi connectivity index (χ1n) is 12.3. The van der Waals surface area contributed by atoms with Crippen LogP contribution < -0.4 is 9.80 Å². The average molecular weight is 511 g/mol. The fraction of sp³-hybridized carbons (Fsp3) is 0.161. The first kappa shape index (κ1) is 24.6. The van der Waals surface area contributed by atoms with Crippen molar-refractivity contribution in [3.05, 3.63) is 113 Å². The Morgan fingerprint density at radius 3 is 2.27 bits per heavy atom. The molecular weight excluding hydrogens is 484 g/mol. The van der Waals surface area contributed by atoms with Gasteiger partial charge in [-0.25, -0.2) is 0 Å². The van der Waals surface area contributed by atoms with E-state index in [0.717, 1.165) is 35.1 Å². The maximum atomic E-state index is 13.5. The highest BCUT2D eigenvalue weighted by molar-refractivity contribution is 6.52. The number of benzene rings is 4. The molecule has 1 fully saturated rings. The van der Waals surface area contributed by atoms with Gasteiger partial charge in [0.2, 0.25) is 0 Å². The van der Waals surface area contributed by atoms with Crippen LogP contribution in [0.3, 0.4) is 0 Å². The number of halogens is 1. The van der Waals surface area contributed by atoms with E-state index in [0.29, 0.717) is 16.3 Å². The van der Waals surface area contributed by atoms with E-state index in [-0.39, 0.29) is 11.3 Å². The van der Waals surface area contributed by atoms with E-state index in [4.69, 9.17) is 11.6 Å². The van der Waals surface area contributed by atoms with Gasteiger partial charge in [-0.15, -0.1) is 0 Å². The molecule has 1 aliphatic rings. The minimum atomic E-state index is -0.816. The topological polar surface area (TPSA) is 60.9 Å². The highest BCUT2D eigenvalue weighted by atomic mass is 35.5. The Labute approximate surface area is 221 Å². The highest BCUT2D eigenvalue weighted by Gasteiger charge is 2.47. The van der Waals surface area contributed by atoms with Crippen molar-refractivity contribution in [2.75, 3.05) is 22.9 Å². The summed E-state index contributed by atoms with van der Waals surface area (Å²) < 4.78 is 0. The van der Waals surface area contributed by atoms with E-state index in [1.807, 2.05) is 60.7 Å². The minimum absolute atomic E-state index is 0.0527. The first-order valence-corrected chi connectivity index (χ1v) is 12.7. The summed E-state index contributed by atoms with van der Waals surface area (Å²) in [5.41, 5.74) is 2.81. The van der Waals surface area contributed by atoms with Gasteiger partial charge in [0.1, 0.15) is 5.76 Å². The second-order valence-electron chi connectivity index (χ2n) is 8.94. The van der Waals surface area contributed by atoms with Crippen molar-refractivity contribution in [2.24, 2.45) is 0 Å². The number of aliphatic hydroxyl groups is 1. The number of ketones is 1. The van der Waals surface area contributed by atoms with Gasteiger partial charge in [0.05, 0.1) is 11.6 Å². The molecule has 5 rings (SSSR count). The largest absolute Gasteiger partial charge is 0.507 e. The predicted molar refractivity (Wildman–Crippen MR) is 150 cm³/mol. The van der Waals surface area contributed by atoms with Crippen molar-refractivity contribution in [3.8, 4) is 0 Å². The lowest BCUT2D eigenvalue weighted by Crippen LogP contribution is -2.29. The van der Waals surface area contributed by atoms with Gasteiger partial charge in [-0.2, -0.15) is 0 Å². The highest BCUT2D eigenvalue weighted by Crippen LogP contribution is 2.43. The molecule has 1 N–H and O–H groups in total. The van der Waals surface area contributed by atoms with Crippen LogP contribution in [-0.2, 0) is 9.59 Å². The molecule has 0 spiro atoms. The summed E-state index contributed by atoms with van der Waals surface area (Å²) in [4.78, 5) is 30.6. The van der Waals surface area contributed by atoms with Crippen LogP contribution >= 0.6 is 11.6 Å². The zero-order valence-corrected chi connectivity index (χ0v) is 21.4. The number of fused-ring (bicyclic) bond motifs is 1. The van der Waals surface area contributed by atoms with Gasteiger partial charge in [-0.05, 0) is 60.5 Å². The van der Waals surface area contributed by atoms with Crippen LogP contribution in [-0.4, -0.2) is 29.9 Å². The number of amides is 1. The maximum absolute atomic E-state index is 13.5. The van der Waals surface area contributed by atoms with Crippen LogP contribution in [0.1, 0.15) is 31.0 Å². The second-order valence-corrected chi connectivity index (χ2v) is 9.38. The number of Topliss-reactive ketones (excluding diaryl/α,β-unsaturated/α-hetero) is 1. The van der Waals surface area contributed by atoms with Crippen LogP contribution in [0.25, 0.3) is 16.5 Å². The van der Waals surface area contributed by atoms with E-state index >= 15 is 0 Å². The van der Waals surface area contributed by atoms with Crippen LogP contribution in [0.15, 0.2) is 96.6 Å². The molecule has 37 heavy (non-hydrogen) atoms. The number of carbonyl (C=O) groups is 2. The third kappa shape index (κ3) is 4.36. The van der Waals surface area contributed by atoms with Crippen LogP contribution in [0.5, 0.6) is 0 Å². The van der Waals surface area contributed by atoms with Crippen molar-refractivity contribution in [3.63, 3.8) is 0 Å². The summed E-state index contributed by atoms with van der Waals surface area (Å²) in [6, 6.07) is 27.0. The lowest BCUT2D eigenvalue weighted by molar-refractivity contribution is -0.132. The van der Waals surface area contributed by atoms with Gasteiger partial charge >= 0.3 is 0 Å². The average Bonchev–Trinajstić information content (AvgIpc) is 3.19. The van der Waals surface area contributed by atoms with Crippen molar-refractivity contribution < 1.29 is 14.7 Å². The molecule has 4 aromatic carbocycles. The van der Waals surface area contributed by atoms with Gasteiger partial charge in [0.15, 0.2) is 0 Å². The number of aliphatic hydroxyl groups excluding tert-OH is 1. The molecule has 6 heteroatoms. The number of rotatable bonds is 6. The molecule has 4 aromatic rings. The maximum Gasteiger partial charge on any atom is 0.300 e. The Hall–Kier alpha value is -4.09. The number of carbonyl (C=O) groups excluding carboxylic acids is 2. The minimum Gasteiger partial charge on any atom is -0.507 e. The number of hydrogen-bond donors (Lipinski definition) is 1. The molecule has 0 radical (unpaired) electrons. The first-order chi connectivity index (χ1) is 17.9. The molecular formula is C31H27ClN2O3. The fourth-order valence-electron chi connectivity index (χ4n) is 5.07. The Morgan fingerprint density at radius 2 is 1.57 bits per heavy atom. The Kier molecular flexibility index (Phi) is 6.72. The molecule has 186 valence electrons. The third-order valence-electron chi connectivity index (χ3n) is 6.91. The van der Waals surface area contributed by atoms with E-state index < -0.39 is 17.7 Å². The molecule has 1 heterocycles. The van der Waals surface area contributed by atoms with Crippen LogP contribution in [0.4, 0.5) is 11.4 Å². The van der Waals surface area contributed by atoms with E-state index in [1.54, 1.807) is 30.3 Å². The lowest BCUT2D eigenvalue weighted by atomic mass is 9.93. The molecule has 0 saturated carbocycles. The fourth-order valence-corrected chi connectivity index (χ4v) is 5.26. The standard InChI is InChI=1S/C31H27ClN2O3/c1-3-33(4-2)23-17-15-21(16-18-23)28-27(29(35)26-14-7-10-20-9-5-6-13-25(20)26)30(36)31(37)34(28)24-12-8-11-22(32)19-24/h5-19,28,35H,3-4H2,1-2H3/b29-27-. The summed E-state index contributed by atoms with van der Waals surface area (Å²) in [5.74, 6) is -1.64. The lowest BCUT2D eigenvalue weighted by Gasteiger charge is -2.27. The van der Waals surface area contributed by atoms with Crippen molar-refractivity contribution in [1.29, 1.82) is 0 Å². The molecule has 1 amide bonds. The number of anilines is 2. The second kappa shape index (κ2) is 10.1. The van der Waals surface area contributed by atoms with Crippen molar-refractivity contribution >= 4 is 51.2 Å². The van der Waals surface area contributed by atoms with E-state index in [1.165, 1.54) is 4.90 Å². The molecule has 1 atom stereocenters. The van der Waals surface area contributed by atoms with Crippen LogP contribution in [0.2, 0.25) is 5.02 Å². The summed E-state index contributed by atoms with van der Waals surface area (Å²) in [6.07, 6.45) is 0. The molecule has 0 aromatic heterocycles. The van der Waals surface area contributed by atoms with Gasteiger partial charge in [-0.1, -0.05) is 72.3 Å². The summed E-state index contributed by atoms with van der Waals surface area (Å²) in [5, 5.41) is 13.8. The zero-order valence-electron chi connectivity index (χ0n) is 20.7. The predicted octanol–water partition coefficient (Wildman–Crippen LogP) is 6.97. The molecule has 5 nitrogen and oxygen atoms in total. The quantitative estimate of drug-likeness (QED) is 0.173.